The predicted molar refractivity (Wildman–Crippen MR) is 161 cm³/mol. The smallest absolute Gasteiger partial charge is 0.338 e. The maximum Gasteiger partial charge on any atom is 0.338 e. The number of amides is 1. The molecule has 2 aliphatic rings. The Morgan fingerprint density at radius 1 is 1.10 bits per heavy atom. The Balaban J connectivity index is 1.71. The number of hydrogen-bond acceptors (Lipinski definition) is 7. The monoisotopic (exact) mass is 631 g/mol. The molecule has 40 heavy (non-hydrogen) atoms. The molecule has 0 aliphatic carbocycles. The summed E-state index contributed by atoms with van der Waals surface area (Å²) in [4.78, 5) is 47.3. The van der Waals surface area contributed by atoms with Gasteiger partial charge in [0.05, 0.1) is 29.5 Å². The van der Waals surface area contributed by atoms with Gasteiger partial charge in [-0.05, 0) is 49.1 Å². The molecular formula is C30H22BrN3O4S2. The predicted octanol–water partition coefficient (Wildman–Crippen LogP) is 4.74. The second-order valence-corrected chi connectivity index (χ2v) is 11.8. The van der Waals surface area contributed by atoms with Crippen molar-refractivity contribution in [2.45, 2.75) is 17.9 Å². The lowest BCUT2D eigenvalue weighted by atomic mass is 9.93. The molecular weight excluding hydrogens is 610 g/mol. The van der Waals surface area contributed by atoms with Crippen LogP contribution in [0.1, 0.15) is 29.7 Å². The number of nitrogens with zero attached hydrogens (tertiary/aromatic N) is 2. The van der Waals surface area contributed by atoms with E-state index in [1.54, 1.807) is 24.8 Å². The number of ether oxygens (including phenoxy) is 1. The van der Waals surface area contributed by atoms with Crippen LogP contribution in [0.2, 0.25) is 0 Å². The molecule has 1 aromatic heterocycles. The van der Waals surface area contributed by atoms with Crippen LogP contribution in [0.5, 0.6) is 0 Å². The summed E-state index contributed by atoms with van der Waals surface area (Å²) in [6, 6.07) is 21.8. The fourth-order valence-electron chi connectivity index (χ4n) is 4.96. The first-order valence-electron chi connectivity index (χ1n) is 12.5. The van der Waals surface area contributed by atoms with Crippen LogP contribution in [0.4, 0.5) is 5.69 Å². The Labute approximate surface area is 246 Å². The maximum absolute atomic E-state index is 14.2. The van der Waals surface area contributed by atoms with E-state index in [4.69, 9.17) is 9.73 Å². The third-order valence-corrected chi connectivity index (χ3v) is 9.02. The van der Waals surface area contributed by atoms with Crippen LogP contribution in [-0.4, -0.2) is 29.3 Å². The Hall–Kier alpha value is -3.73. The zero-order valence-electron chi connectivity index (χ0n) is 21.4. The highest BCUT2D eigenvalue weighted by molar-refractivity contribution is 9.10. The number of thiazole rings is 1. The minimum atomic E-state index is -0.804. The summed E-state index contributed by atoms with van der Waals surface area (Å²) in [5, 5.41) is 2.86. The molecule has 4 aromatic rings. The largest absolute Gasteiger partial charge is 0.463 e. The van der Waals surface area contributed by atoms with Gasteiger partial charge in [-0.15, -0.1) is 11.8 Å². The average molecular weight is 633 g/mol. The van der Waals surface area contributed by atoms with E-state index in [-0.39, 0.29) is 22.6 Å². The summed E-state index contributed by atoms with van der Waals surface area (Å²) in [5.74, 6) is -0.901. The van der Waals surface area contributed by atoms with Crippen LogP contribution in [-0.2, 0) is 14.3 Å². The van der Waals surface area contributed by atoms with Gasteiger partial charge in [0.25, 0.3) is 11.5 Å². The Kier molecular flexibility index (Phi) is 7.07. The summed E-state index contributed by atoms with van der Waals surface area (Å²) in [7, 11) is 0. The third-order valence-electron chi connectivity index (χ3n) is 6.73. The lowest BCUT2D eigenvalue weighted by Gasteiger charge is -2.26. The van der Waals surface area contributed by atoms with Crippen LogP contribution in [0.3, 0.4) is 0 Å². The highest BCUT2D eigenvalue weighted by atomic mass is 79.9. The van der Waals surface area contributed by atoms with Gasteiger partial charge in [-0.25, -0.2) is 9.79 Å². The van der Waals surface area contributed by atoms with Crippen molar-refractivity contribution in [2.24, 2.45) is 4.99 Å². The number of carbonyl (C=O) groups excluding carboxylic acids is 2. The van der Waals surface area contributed by atoms with E-state index in [2.05, 4.69) is 21.2 Å². The van der Waals surface area contributed by atoms with E-state index in [1.807, 2.05) is 73.0 Å². The molecule has 0 unspecified atom stereocenters. The number of benzene rings is 3. The Morgan fingerprint density at radius 2 is 1.85 bits per heavy atom. The molecule has 0 radical (unpaired) electrons. The van der Waals surface area contributed by atoms with Crippen molar-refractivity contribution in [3.63, 3.8) is 0 Å². The van der Waals surface area contributed by atoms with Crippen LogP contribution < -0.4 is 20.2 Å². The van der Waals surface area contributed by atoms with Gasteiger partial charge in [-0.1, -0.05) is 69.7 Å². The highest BCUT2D eigenvalue weighted by Crippen LogP contribution is 2.36. The van der Waals surface area contributed by atoms with Crippen molar-refractivity contribution < 1.29 is 14.3 Å². The summed E-state index contributed by atoms with van der Waals surface area (Å²) in [5.41, 5.74) is 3.34. The van der Waals surface area contributed by atoms with E-state index < -0.39 is 17.6 Å². The molecule has 0 bridgehead atoms. The minimum absolute atomic E-state index is 0.170. The van der Waals surface area contributed by atoms with Gasteiger partial charge in [-0.3, -0.25) is 14.2 Å². The quantitative estimate of drug-likeness (QED) is 0.254. The molecule has 3 aromatic carbocycles. The number of halogens is 1. The number of thioether (sulfide) groups is 1. The maximum atomic E-state index is 14.2. The number of anilines is 1. The molecule has 10 heteroatoms. The van der Waals surface area contributed by atoms with Crippen LogP contribution in [0.25, 0.3) is 11.3 Å². The van der Waals surface area contributed by atoms with Crippen molar-refractivity contribution in [3.8, 4) is 0 Å². The van der Waals surface area contributed by atoms with Gasteiger partial charge in [0.15, 0.2) is 4.80 Å². The summed E-state index contributed by atoms with van der Waals surface area (Å²) >= 11 is 6.22. The summed E-state index contributed by atoms with van der Waals surface area (Å²) < 4.78 is 8.09. The van der Waals surface area contributed by atoms with Gasteiger partial charge in [-0.2, -0.15) is 0 Å². The normalized spacial score (nSPS) is 17.2. The number of aromatic nitrogens is 1. The van der Waals surface area contributed by atoms with Gasteiger partial charge in [0.2, 0.25) is 0 Å². The third kappa shape index (κ3) is 4.46. The molecule has 2 aliphatic heterocycles. The molecule has 6 rings (SSSR count). The SMILES string of the molecule is CCOC(=O)C1=C(c2ccccc2)N=c2s/c(=C3\C(=O)Nc4ccc(Br)cc43)c(=O)n2[C@@H]1c1ccc(SC)cc1. The van der Waals surface area contributed by atoms with Gasteiger partial charge in [0.1, 0.15) is 4.53 Å². The van der Waals surface area contributed by atoms with E-state index >= 15 is 0 Å². The lowest BCUT2D eigenvalue weighted by molar-refractivity contribution is -0.138. The number of carbonyl (C=O) groups is 2. The number of hydrogen-bond donors (Lipinski definition) is 1. The zero-order valence-corrected chi connectivity index (χ0v) is 24.7. The molecule has 0 saturated heterocycles. The summed E-state index contributed by atoms with van der Waals surface area (Å²) in [6.45, 7) is 1.91. The second-order valence-electron chi connectivity index (χ2n) is 9.04. The first-order valence-corrected chi connectivity index (χ1v) is 15.3. The Morgan fingerprint density at radius 3 is 2.55 bits per heavy atom. The van der Waals surface area contributed by atoms with E-state index in [9.17, 15) is 14.4 Å². The molecule has 200 valence electrons. The molecule has 1 atom stereocenters. The van der Waals surface area contributed by atoms with Crippen molar-refractivity contribution in [2.75, 3.05) is 18.2 Å². The first kappa shape index (κ1) is 26.5. The fourth-order valence-corrected chi connectivity index (χ4v) is 6.82. The first-order chi connectivity index (χ1) is 19.4. The van der Waals surface area contributed by atoms with Gasteiger partial charge < -0.3 is 10.1 Å². The van der Waals surface area contributed by atoms with E-state index in [1.165, 1.54) is 4.57 Å². The van der Waals surface area contributed by atoms with Crippen molar-refractivity contribution in [3.05, 3.63) is 119 Å². The zero-order chi connectivity index (χ0) is 28.0. The number of esters is 1. The molecule has 0 fully saturated rings. The van der Waals surface area contributed by atoms with Crippen LogP contribution in [0, 0.1) is 0 Å². The molecule has 0 spiro atoms. The Bertz CT molecular complexity index is 1890. The standard InChI is InChI=1S/C30H22BrN3O4S2/c1-3-38-29(37)23-24(16-7-5-4-6-8-16)33-30-34(25(23)17-9-12-19(39-2)13-10-17)28(36)26(40-30)22-20-15-18(31)11-14-21(20)32-27(22)35/h4-15,25H,3H2,1-2H3,(H,32,35)/b26-22-/t25-/m1/s1. The average Bonchev–Trinajstić information content (AvgIpc) is 3.47. The lowest BCUT2D eigenvalue weighted by Crippen LogP contribution is -2.40. The van der Waals surface area contributed by atoms with Crippen molar-refractivity contribution >= 4 is 67.9 Å². The van der Waals surface area contributed by atoms with Crippen LogP contribution >= 0.6 is 39.0 Å². The topological polar surface area (TPSA) is 89.8 Å². The number of fused-ring (bicyclic) bond motifs is 2. The number of rotatable bonds is 5. The van der Waals surface area contributed by atoms with E-state index in [0.29, 0.717) is 27.3 Å². The van der Waals surface area contributed by atoms with E-state index in [0.717, 1.165) is 31.8 Å². The number of nitrogens with one attached hydrogen (secondary N) is 1. The van der Waals surface area contributed by atoms with Crippen LogP contribution in [0.15, 0.2) is 97.5 Å². The van der Waals surface area contributed by atoms with Gasteiger partial charge in [0, 0.05) is 26.2 Å². The second kappa shape index (κ2) is 10.7. The molecule has 0 saturated carbocycles. The highest BCUT2D eigenvalue weighted by Gasteiger charge is 2.36. The van der Waals surface area contributed by atoms with Gasteiger partial charge >= 0.3 is 5.97 Å². The molecule has 1 N–H and O–H groups in total. The van der Waals surface area contributed by atoms with Crippen molar-refractivity contribution in [1.29, 1.82) is 0 Å². The molecule has 7 nitrogen and oxygen atoms in total. The summed E-state index contributed by atoms with van der Waals surface area (Å²) in [6.07, 6.45) is 1.99. The van der Waals surface area contributed by atoms with Crippen molar-refractivity contribution in [1.82, 2.24) is 4.57 Å². The fraction of sp³-hybridized carbons (Fsp3) is 0.133. The molecule has 1 amide bonds. The minimum Gasteiger partial charge on any atom is -0.463 e. The molecule has 3 heterocycles.